The Kier molecular flexibility index (Phi) is 6.02. The predicted octanol–water partition coefficient (Wildman–Crippen LogP) is 3.03. The van der Waals surface area contributed by atoms with E-state index in [2.05, 4.69) is 13.8 Å². The average Bonchev–Trinajstić information content (AvgIpc) is 2.53. The number of hydrogen-bond donors (Lipinski definition) is 0. The molecule has 1 heterocycles. The Morgan fingerprint density at radius 1 is 1.13 bits per heavy atom. The van der Waals surface area contributed by atoms with Crippen molar-refractivity contribution in [2.75, 3.05) is 13.2 Å². The van der Waals surface area contributed by atoms with Gasteiger partial charge < -0.3 is 14.4 Å². The molecule has 0 N–H and O–H groups in total. The first kappa shape index (κ1) is 17.3. The zero-order valence-corrected chi connectivity index (χ0v) is 14.1. The Balaban J connectivity index is 1.90. The highest BCUT2D eigenvalue weighted by molar-refractivity contribution is 5.89. The monoisotopic (exact) mass is 319 g/mol. The van der Waals surface area contributed by atoms with Crippen LogP contribution >= 0.6 is 0 Å². The molecule has 126 valence electrons. The molecule has 1 aliphatic rings. The average molecular weight is 319 g/mol. The molecule has 1 aromatic rings. The van der Waals surface area contributed by atoms with E-state index < -0.39 is 0 Å². The van der Waals surface area contributed by atoms with Crippen molar-refractivity contribution in [3.05, 3.63) is 29.8 Å². The van der Waals surface area contributed by atoms with Crippen LogP contribution in [-0.4, -0.2) is 42.1 Å². The highest BCUT2D eigenvalue weighted by atomic mass is 16.5. The number of esters is 1. The highest BCUT2D eigenvalue weighted by Crippen LogP contribution is 2.23. The topological polar surface area (TPSA) is 55.8 Å². The molecule has 0 radical (unpaired) electrons. The Labute approximate surface area is 137 Å². The summed E-state index contributed by atoms with van der Waals surface area (Å²) in [5.41, 5.74) is 0.476. The second-order valence-electron chi connectivity index (χ2n) is 5.96. The number of carbonyl (C=O) groups is 2. The van der Waals surface area contributed by atoms with Gasteiger partial charge in [-0.1, -0.05) is 0 Å². The third-order valence-corrected chi connectivity index (χ3v) is 4.21. The number of piperidine rings is 1. The molecule has 1 aliphatic heterocycles. The molecule has 2 atom stereocenters. The van der Waals surface area contributed by atoms with Crippen LogP contribution in [0.1, 0.15) is 50.4 Å². The fourth-order valence-electron chi connectivity index (χ4n) is 3.03. The lowest BCUT2D eigenvalue weighted by atomic mass is 9.97. The van der Waals surface area contributed by atoms with Crippen molar-refractivity contribution in [2.24, 2.45) is 0 Å². The number of carbonyl (C=O) groups excluding carboxylic acids is 2. The zero-order valence-electron chi connectivity index (χ0n) is 14.1. The molecule has 1 saturated heterocycles. The summed E-state index contributed by atoms with van der Waals surface area (Å²) in [7, 11) is 0. The predicted molar refractivity (Wildman–Crippen MR) is 87.5 cm³/mol. The van der Waals surface area contributed by atoms with E-state index in [-0.39, 0.29) is 30.6 Å². The van der Waals surface area contributed by atoms with E-state index in [0.717, 1.165) is 12.8 Å². The smallest absolute Gasteiger partial charge is 0.338 e. The minimum Gasteiger partial charge on any atom is -0.484 e. The Hall–Kier alpha value is -2.04. The van der Waals surface area contributed by atoms with Crippen LogP contribution < -0.4 is 4.74 Å². The van der Waals surface area contributed by atoms with Crippen molar-refractivity contribution in [1.29, 1.82) is 0 Å². The van der Waals surface area contributed by atoms with Gasteiger partial charge in [-0.15, -0.1) is 0 Å². The van der Waals surface area contributed by atoms with Gasteiger partial charge in [0.1, 0.15) is 5.75 Å². The van der Waals surface area contributed by atoms with Gasteiger partial charge in [0, 0.05) is 12.1 Å². The van der Waals surface area contributed by atoms with Crippen LogP contribution in [0.25, 0.3) is 0 Å². The number of nitrogens with zero attached hydrogens (tertiary/aromatic N) is 1. The van der Waals surface area contributed by atoms with Crippen LogP contribution in [-0.2, 0) is 9.53 Å². The maximum Gasteiger partial charge on any atom is 0.338 e. The molecule has 0 saturated carbocycles. The summed E-state index contributed by atoms with van der Waals surface area (Å²) in [6.07, 6.45) is 3.26. The number of ether oxygens (including phenoxy) is 2. The van der Waals surface area contributed by atoms with Crippen LogP contribution in [0.3, 0.4) is 0 Å². The van der Waals surface area contributed by atoms with Crippen LogP contribution in [0.2, 0.25) is 0 Å². The minimum atomic E-state index is -0.355. The maximum absolute atomic E-state index is 12.4. The molecular formula is C18H25NO4. The molecule has 5 nitrogen and oxygen atoms in total. The number of rotatable bonds is 5. The van der Waals surface area contributed by atoms with Crippen molar-refractivity contribution >= 4 is 11.9 Å². The summed E-state index contributed by atoms with van der Waals surface area (Å²) in [5.74, 6) is 0.231. The number of likely N-dealkylation sites (tertiary alicyclic amines) is 1. The lowest BCUT2D eigenvalue weighted by molar-refractivity contribution is -0.139. The van der Waals surface area contributed by atoms with Crippen molar-refractivity contribution in [2.45, 2.75) is 52.1 Å². The molecule has 1 aromatic carbocycles. The van der Waals surface area contributed by atoms with Gasteiger partial charge >= 0.3 is 5.97 Å². The van der Waals surface area contributed by atoms with Crippen LogP contribution in [0.4, 0.5) is 0 Å². The van der Waals surface area contributed by atoms with Crippen molar-refractivity contribution < 1.29 is 19.1 Å². The zero-order chi connectivity index (χ0) is 16.8. The fourth-order valence-corrected chi connectivity index (χ4v) is 3.03. The van der Waals surface area contributed by atoms with Crippen molar-refractivity contribution in [1.82, 2.24) is 4.90 Å². The van der Waals surface area contributed by atoms with Gasteiger partial charge in [-0.25, -0.2) is 4.79 Å². The van der Waals surface area contributed by atoms with Crippen molar-refractivity contribution in [3.8, 4) is 5.75 Å². The maximum atomic E-state index is 12.4. The molecule has 1 fully saturated rings. The van der Waals surface area contributed by atoms with E-state index in [1.54, 1.807) is 31.2 Å². The Morgan fingerprint density at radius 3 is 2.30 bits per heavy atom. The summed E-state index contributed by atoms with van der Waals surface area (Å²) in [5, 5.41) is 0. The van der Waals surface area contributed by atoms with Crippen molar-refractivity contribution in [3.63, 3.8) is 0 Å². The second kappa shape index (κ2) is 7.99. The number of hydrogen-bond acceptors (Lipinski definition) is 4. The van der Waals surface area contributed by atoms with E-state index in [1.807, 2.05) is 4.90 Å². The lowest BCUT2D eigenvalue weighted by Gasteiger charge is -2.38. The van der Waals surface area contributed by atoms with Crippen LogP contribution in [0.5, 0.6) is 5.75 Å². The summed E-state index contributed by atoms with van der Waals surface area (Å²) in [4.78, 5) is 25.9. The summed E-state index contributed by atoms with van der Waals surface area (Å²) < 4.78 is 10.5. The molecule has 2 unspecified atom stereocenters. The second-order valence-corrected chi connectivity index (χ2v) is 5.96. The highest BCUT2D eigenvalue weighted by Gasteiger charge is 2.28. The van der Waals surface area contributed by atoms with E-state index in [9.17, 15) is 9.59 Å². The normalized spacial score (nSPS) is 20.9. The molecule has 2 rings (SSSR count). The minimum absolute atomic E-state index is 0.0131. The quantitative estimate of drug-likeness (QED) is 0.783. The first-order chi connectivity index (χ1) is 11.0. The third kappa shape index (κ3) is 4.47. The van der Waals surface area contributed by atoms with E-state index in [1.165, 1.54) is 6.42 Å². The van der Waals surface area contributed by atoms with Gasteiger partial charge in [0.2, 0.25) is 0 Å². The Bertz CT molecular complexity index is 530. The summed E-state index contributed by atoms with van der Waals surface area (Å²) in [6.45, 7) is 6.30. The van der Waals surface area contributed by atoms with Crippen LogP contribution in [0, 0.1) is 0 Å². The lowest BCUT2D eigenvalue weighted by Crippen LogP contribution is -2.49. The van der Waals surface area contributed by atoms with E-state index >= 15 is 0 Å². The molecule has 23 heavy (non-hydrogen) atoms. The van der Waals surface area contributed by atoms with Gasteiger partial charge in [0.15, 0.2) is 6.61 Å². The van der Waals surface area contributed by atoms with Gasteiger partial charge in [0.25, 0.3) is 5.91 Å². The summed E-state index contributed by atoms with van der Waals surface area (Å²) in [6, 6.07) is 7.18. The molecule has 0 aliphatic carbocycles. The van der Waals surface area contributed by atoms with Gasteiger partial charge in [0.05, 0.1) is 12.2 Å². The SMILES string of the molecule is CCOC(=O)c1ccc(OCC(=O)N2C(C)CCCC2C)cc1. The van der Waals surface area contributed by atoms with Gasteiger partial charge in [-0.2, -0.15) is 0 Å². The first-order valence-corrected chi connectivity index (χ1v) is 8.24. The standard InChI is InChI=1S/C18H25NO4/c1-4-22-18(21)15-8-10-16(11-9-15)23-12-17(20)19-13(2)6-5-7-14(19)3/h8-11,13-14H,4-7,12H2,1-3H3. The number of benzene rings is 1. The molecule has 1 amide bonds. The van der Waals surface area contributed by atoms with Crippen LogP contribution in [0.15, 0.2) is 24.3 Å². The number of amides is 1. The first-order valence-electron chi connectivity index (χ1n) is 8.24. The van der Waals surface area contributed by atoms with Gasteiger partial charge in [-0.05, 0) is 64.3 Å². The van der Waals surface area contributed by atoms with E-state index in [4.69, 9.17) is 9.47 Å². The third-order valence-electron chi connectivity index (χ3n) is 4.21. The molecule has 0 bridgehead atoms. The van der Waals surface area contributed by atoms with E-state index in [0.29, 0.717) is 17.9 Å². The molecule has 0 spiro atoms. The summed E-state index contributed by atoms with van der Waals surface area (Å²) >= 11 is 0. The Morgan fingerprint density at radius 2 is 1.74 bits per heavy atom. The largest absolute Gasteiger partial charge is 0.484 e. The van der Waals surface area contributed by atoms with Gasteiger partial charge in [-0.3, -0.25) is 4.79 Å². The molecular weight excluding hydrogens is 294 g/mol. The fraction of sp³-hybridized carbons (Fsp3) is 0.556. The molecule has 5 heteroatoms. The molecule has 0 aromatic heterocycles.